The van der Waals surface area contributed by atoms with Crippen molar-refractivity contribution < 1.29 is 17.9 Å². The molecular weight excluding hydrogens is 511 g/mol. The lowest BCUT2D eigenvalue weighted by Gasteiger charge is -2.27. The molecule has 0 radical (unpaired) electrons. The van der Waals surface area contributed by atoms with Gasteiger partial charge in [-0.05, 0) is 69.3 Å². The first-order valence-electron chi connectivity index (χ1n) is 10.5. The number of anilines is 1. The van der Waals surface area contributed by atoms with Crippen molar-refractivity contribution in [1.29, 1.82) is 0 Å². The van der Waals surface area contributed by atoms with Crippen LogP contribution in [0.2, 0.25) is 10.0 Å². The number of aryl methyl sites for hydroxylation is 1. The summed E-state index contributed by atoms with van der Waals surface area (Å²) in [7, 11) is -2.24. The van der Waals surface area contributed by atoms with Crippen LogP contribution in [-0.2, 0) is 14.8 Å². The van der Waals surface area contributed by atoms with Crippen LogP contribution in [0.25, 0.3) is 5.69 Å². The SMILES string of the molecule is COc1ccc(N([C@@H](C)C(=O)N/N=C\c2cc(C)n(-c3cc(Cl)cc(Cl)c3)c2C)S(C)(=O)=O)cc1. The number of hydrogen-bond acceptors (Lipinski definition) is 5. The number of nitrogens with zero attached hydrogens (tertiary/aromatic N) is 3. The molecule has 2 aromatic carbocycles. The monoisotopic (exact) mass is 536 g/mol. The quantitative estimate of drug-likeness (QED) is 0.333. The van der Waals surface area contributed by atoms with E-state index in [0.29, 0.717) is 21.5 Å². The number of rotatable bonds is 8. The maximum atomic E-state index is 12.8. The van der Waals surface area contributed by atoms with Crippen LogP contribution in [0.5, 0.6) is 5.75 Å². The lowest BCUT2D eigenvalue weighted by atomic mass is 10.2. The number of carbonyl (C=O) groups is 1. The number of methoxy groups -OCH3 is 1. The van der Waals surface area contributed by atoms with E-state index >= 15 is 0 Å². The summed E-state index contributed by atoms with van der Waals surface area (Å²) in [5.74, 6) is -0.0144. The summed E-state index contributed by atoms with van der Waals surface area (Å²) in [4.78, 5) is 12.8. The summed E-state index contributed by atoms with van der Waals surface area (Å²) >= 11 is 12.3. The summed E-state index contributed by atoms with van der Waals surface area (Å²) in [6.07, 6.45) is 2.55. The number of hydrogen-bond donors (Lipinski definition) is 1. The van der Waals surface area contributed by atoms with Gasteiger partial charge in [-0.15, -0.1) is 0 Å². The second-order valence-electron chi connectivity index (χ2n) is 7.96. The van der Waals surface area contributed by atoms with E-state index in [-0.39, 0.29) is 0 Å². The van der Waals surface area contributed by atoms with Gasteiger partial charge in [0, 0.05) is 32.7 Å². The molecule has 0 aliphatic heterocycles. The average Bonchev–Trinajstić information content (AvgIpc) is 3.05. The van der Waals surface area contributed by atoms with Gasteiger partial charge in [-0.25, -0.2) is 13.8 Å². The molecule has 0 fully saturated rings. The van der Waals surface area contributed by atoms with Gasteiger partial charge in [0.15, 0.2) is 0 Å². The fraction of sp³-hybridized carbons (Fsp3) is 0.250. The van der Waals surface area contributed by atoms with E-state index in [1.807, 2.05) is 24.5 Å². The lowest BCUT2D eigenvalue weighted by Crippen LogP contribution is -2.46. The van der Waals surface area contributed by atoms with Gasteiger partial charge in [0.25, 0.3) is 5.91 Å². The molecule has 0 saturated carbocycles. The summed E-state index contributed by atoms with van der Waals surface area (Å²) in [5, 5.41) is 5.10. The van der Waals surface area contributed by atoms with E-state index in [1.54, 1.807) is 42.5 Å². The third-order valence-corrected chi connectivity index (χ3v) is 7.05. The first-order chi connectivity index (χ1) is 16.4. The molecule has 1 N–H and O–H groups in total. The third kappa shape index (κ3) is 6.17. The molecule has 1 aromatic heterocycles. The fourth-order valence-electron chi connectivity index (χ4n) is 3.78. The topological polar surface area (TPSA) is 93.0 Å². The van der Waals surface area contributed by atoms with Crippen LogP contribution in [0.4, 0.5) is 5.69 Å². The van der Waals surface area contributed by atoms with Crippen LogP contribution in [0, 0.1) is 13.8 Å². The molecule has 0 saturated heterocycles. The highest BCUT2D eigenvalue weighted by Crippen LogP contribution is 2.26. The highest BCUT2D eigenvalue weighted by Gasteiger charge is 2.29. The first-order valence-corrected chi connectivity index (χ1v) is 13.1. The Hall–Kier alpha value is -3.01. The summed E-state index contributed by atoms with van der Waals surface area (Å²) in [6.45, 7) is 5.33. The second kappa shape index (κ2) is 10.7. The molecule has 3 rings (SSSR count). The molecule has 0 spiro atoms. The van der Waals surface area contributed by atoms with Gasteiger partial charge in [0.1, 0.15) is 11.8 Å². The zero-order valence-electron chi connectivity index (χ0n) is 19.9. The minimum absolute atomic E-state index is 0.337. The highest BCUT2D eigenvalue weighted by molar-refractivity contribution is 7.92. The number of aromatic nitrogens is 1. The number of ether oxygens (including phenoxy) is 1. The van der Waals surface area contributed by atoms with E-state index in [9.17, 15) is 13.2 Å². The highest BCUT2D eigenvalue weighted by atomic mass is 35.5. The Morgan fingerprint density at radius 2 is 1.71 bits per heavy atom. The van der Waals surface area contributed by atoms with Crippen LogP contribution in [0.3, 0.4) is 0 Å². The number of hydrazone groups is 1. The molecule has 1 atom stereocenters. The van der Waals surface area contributed by atoms with Crippen molar-refractivity contribution in [1.82, 2.24) is 9.99 Å². The number of carbonyl (C=O) groups excluding carboxylic acids is 1. The molecule has 0 bridgehead atoms. The second-order valence-corrected chi connectivity index (χ2v) is 10.7. The average molecular weight is 537 g/mol. The van der Waals surface area contributed by atoms with Gasteiger partial charge in [0.05, 0.1) is 25.3 Å². The van der Waals surface area contributed by atoms with Gasteiger partial charge >= 0.3 is 0 Å². The van der Waals surface area contributed by atoms with E-state index in [2.05, 4.69) is 10.5 Å². The normalized spacial score (nSPS) is 12.5. The molecule has 186 valence electrons. The number of amides is 1. The smallest absolute Gasteiger partial charge is 0.263 e. The van der Waals surface area contributed by atoms with Crippen LogP contribution in [0.15, 0.2) is 53.6 Å². The number of sulfonamides is 1. The van der Waals surface area contributed by atoms with Crippen molar-refractivity contribution in [2.75, 3.05) is 17.7 Å². The standard InChI is InChI=1S/C24H26Cl2N4O4S/c1-15-10-18(16(2)29(15)22-12-19(25)11-20(26)13-22)14-27-28-24(31)17(3)30(35(5,32)33)21-6-8-23(34-4)9-7-21/h6-14,17H,1-5H3,(H,28,31)/b27-14-/t17-/m0/s1. The Labute approximate surface area is 215 Å². The first kappa shape index (κ1) is 26.6. The fourth-order valence-corrected chi connectivity index (χ4v) is 5.47. The zero-order chi connectivity index (χ0) is 25.9. The van der Waals surface area contributed by atoms with Crippen molar-refractivity contribution in [2.45, 2.75) is 26.8 Å². The Balaban J connectivity index is 1.80. The van der Waals surface area contributed by atoms with Gasteiger partial charge in [-0.2, -0.15) is 5.10 Å². The minimum atomic E-state index is -3.75. The predicted molar refractivity (Wildman–Crippen MR) is 141 cm³/mol. The Morgan fingerprint density at radius 3 is 2.26 bits per heavy atom. The molecule has 0 aliphatic rings. The maximum Gasteiger partial charge on any atom is 0.263 e. The number of halogens is 2. The zero-order valence-corrected chi connectivity index (χ0v) is 22.2. The van der Waals surface area contributed by atoms with Gasteiger partial charge in [-0.3, -0.25) is 9.10 Å². The van der Waals surface area contributed by atoms with Crippen molar-refractivity contribution in [3.8, 4) is 11.4 Å². The summed E-state index contributed by atoms with van der Waals surface area (Å²) < 4.78 is 33.0. The van der Waals surface area contributed by atoms with Crippen molar-refractivity contribution >= 4 is 51.0 Å². The Morgan fingerprint density at radius 1 is 1.11 bits per heavy atom. The molecule has 1 amide bonds. The predicted octanol–water partition coefficient (Wildman–Crippen LogP) is 4.71. The van der Waals surface area contributed by atoms with E-state index < -0.39 is 22.0 Å². The molecule has 1 heterocycles. The van der Waals surface area contributed by atoms with E-state index in [1.165, 1.54) is 20.2 Å². The van der Waals surface area contributed by atoms with Crippen LogP contribution in [-0.4, -0.2) is 44.5 Å². The van der Waals surface area contributed by atoms with E-state index in [4.69, 9.17) is 27.9 Å². The van der Waals surface area contributed by atoms with Crippen LogP contribution in [0.1, 0.15) is 23.9 Å². The largest absolute Gasteiger partial charge is 0.497 e. The Kier molecular flexibility index (Phi) is 8.15. The van der Waals surface area contributed by atoms with Gasteiger partial charge in [-0.1, -0.05) is 23.2 Å². The number of nitrogens with one attached hydrogen (secondary N) is 1. The maximum absolute atomic E-state index is 12.8. The summed E-state index contributed by atoms with van der Waals surface area (Å²) in [6, 6.07) is 12.5. The van der Waals surface area contributed by atoms with Gasteiger partial charge in [0.2, 0.25) is 10.0 Å². The summed E-state index contributed by atoms with van der Waals surface area (Å²) in [5.41, 5.74) is 6.13. The van der Waals surface area contributed by atoms with Crippen LogP contribution < -0.4 is 14.5 Å². The van der Waals surface area contributed by atoms with E-state index in [0.717, 1.165) is 33.2 Å². The molecule has 11 heteroatoms. The molecule has 35 heavy (non-hydrogen) atoms. The minimum Gasteiger partial charge on any atom is -0.497 e. The molecular formula is C24H26Cl2N4O4S. The molecule has 3 aromatic rings. The molecule has 0 unspecified atom stereocenters. The number of benzene rings is 2. The van der Waals surface area contributed by atoms with Crippen LogP contribution >= 0.6 is 23.2 Å². The van der Waals surface area contributed by atoms with Crippen molar-refractivity contribution in [3.63, 3.8) is 0 Å². The Bertz CT molecular complexity index is 1350. The molecule has 0 aliphatic carbocycles. The van der Waals surface area contributed by atoms with Crippen molar-refractivity contribution in [3.05, 3.63) is 75.5 Å². The van der Waals surface area contributed by atoms with Crippen molar-refractivity contribution in [2.24, 2.45) is 5.10 Å². The molecule has 8 nitrogen and oxygen atoms in total. The van der Waals surface area contributed by atoms with Gasteiger partial charge < -0.3 is 9.30 Å². The third-order valence-electron chi connectivity index (χ3n) is 5.37. The lowest BCUT2D eigenvalue weighted by molar-refractivity contribution is -0.121.